The van der Waals surface area contributed by atoms with E-state index in [0.29, 0.717) is 29.2 Å². The Morgan fingerprint density at radius 1 is 1.10 bits per heavy atom. The Bertz CT molecular complexity index is 971. The first-order valence-corrected chi connectivity index (χ1v) is 10.5. The van der Waals surface area contributed by atoms with Gasteiger partial charge in [0, 0.05) is 5.56 Å². The lowest BCUT2D eigenvalue weighted by molar-refractivity contribution is -0.122. The molecule has 2 amide bonds. The van der Waals surface area contributed by atoms with Gasteiger partial charge in [-0.3, -0.25) is 19.3 Å². The number of benzene rings is 2. The number of ketones is 1. The van der Waals surface area contributed by atoms with E-state index in [4.69, 9.17) is 9.47 Å². The van der Waals surface area contributed by atoms with Gasteiger partial charge in [0.2, 0.25) is 0 Å². The summed E-state index contributed by atoms with van der Waals surface area (Å²) in [4.78, 5) is 38.6. The number of Topliss-reactive ketones (excluding diaryl/α,β-unsaturated/α-hetero) is 1. The van der Waals surface area contributed by atoms with Crippen LogP contribution in [0.2, 0.25) is 0 Å². The van der Waals surface area contributed by atoms with E-state index in [1.54, 1.807) is 61.7 Å². The van der Waals surface area contributed by atoms with Gasteiger partial charge in [-0.1, -0.05) is 49.7 Å². The molecule has 6 nitrogen and oxygen atoms in total. The molecule has 0 aliphatic carbocycles. The van der Waals surface area contributed by atoms with Crippen LogP contribution in [0.3, 0.4) is 0 Å². The van der Waals surface area contributed by atoms with Gasteiger partial charge >= 0.3 is 0 Å². The Labute approximate surface area is 179 Å². The first-order chi connectivity index (χ1) is 14.5. The van der Waals surface area contributed by atoms with Crippen molar-refractivity contribution in [2.24, 2.45) is 0 Å². The summed E-state index contributed by atoms with van der Waals surface area (Å²) in [6, 6.07) is 13.9. The van der Waals surface area contributed by atoms with Crippen LogP contribution in [0.5, 0.6) is 11.5 Å². The normalized spacial score (nSPS) is 15.0. The number of unbranched alkanes of at least 4 members (excludes halogenated alkanes) is 1. The van der Waals surface area contributed by atoms with E-state index in [2.05, 4.69) is 6.92 Å². The lowest BCUT2D eigenvalue weighted by Crippen LogP contribution is -2.33. The molecule has 1 aliphatic heterocycles. The second kappa shape index (κ2) is 10.1. The SMILES string of the molecule is CCCCOc1ccc(/C=C2\SC(=O)N(CC(=O)c3ccccc3)C2=O)cc1OC. The van der Waals surface area contributed by atoms with Crippen LogP contribution < -0.4 is 9.47 Å². The van der Waals surface area contributed by atoms with Crippen molar-refractivity contribution in [3.63, 3.8) is 0 Å². The van der Waals surface area contributed by atoms with Crippen molar-refractivity contribution >= 4 is 34.8 Å². The van der Waals surface area contributed by atoms with Gasteiger partial charge in [0.25, 0.3) is 11.1 Å². The zero-order chi connectivity index (χ0) is 21.5. The van der Waals surface area contributed by atoms with E-state index in [0.717, 1.165) is 29.5 Å². The maximum absolute atomic E-state index is 12.7. The van der Waals surface area contributed by atoms with Crippen molar-refractivity contribution in [1.29, 1.82) is 0 Å². The highest BCUT2D eigenvalue weighted by Gasteiger charge is 2.36. The Morgan fingerprint density at radius 2 is 1.87 bits per heavy atom. The molecule has 0 spiro atoms. The molecule has 30 heavy (non-hydrogen) atoms. The van der Waals surface area contributed by atoms with Crippen LogP contribution in [-0.2, 0) is 4.79 Å². The van der Waals surface area contributed by atoms with Crippen molar-refractivity contribution < 1.29 is 23.9 Å². The predicted octanol–water partition coefficient (Wildman–Crippen LogP) is 4.79. The second-order valence-corrected chi connectivity index (χ2v) is 7.66. The molecule has 1 fully saturated rings. The summed E-state index contributed by atoms with van der Waals surface area (Å²) in [5.74, 6) is 0.425. The average molecular weight is 426 g/mol. The van der Waals surface area contributed by atoms with Crippen molar-refractivity contribution in [3.8, 4) is 11.5 Å². The zero-order valence-corrected chi connectivity index (χ0v) is 17.7. The number of carbonyl (C=O) groups is 3. The molecule has 0 bridgehead atoms. The minimum Gasteiger partial charge on any atom is -0.493 e. The molecule has 0 unspecified atom stereocenters. The molecule has 2 aromatic carbocycles. The maximum Gasteiger partial charge on any atom is 0.293 e. The average Bonchev–Trinajstić information content (AvgIpc) is 3.02. The highest BCUT2D eigenvalue weighted by Crippen LogP contribution is 2.34. The molecule has 1 saturated heterocycles. The molecule has 0 N–H and O–H groups in total. The van der Waals surface area contributed by atoms with Crippen molar-refractivity contribution in [2.45, 2.75) is 19.8 Å². The highest BCUT2D eigenvalue weighted by atomic mass is 32.2. The third kappa shape index (κ3) is 5.10. The van der Waals surface area contributed by atoms with Crippen LogP contribution in [0.4, 0.5) is 4.79 Å². The standard InChI is InChI=1S/C23H23NO5S/c1-3-4-12-29-19-11-10-16(13-20(19)28-2)14-21-22(26)24(23(27)30-21)15-18(25)17-8-6-5-7-9-17/h5-11,13-14H,3-4,12,15H2,1-2H3/b21-14-. The summed E-state index contributed by atoms with van der Waals surface area (Å²) >= 11 is 0.823. The number of rotatable bonds is 9. The van der Waals surface area contributed by atoms with Gasteiger partial charge in [0.15, 0.2) is 17.3 Å². The summed E-state index contributed by atoms with van der Waals surface area (Å²) in [6.07, 6.45) is 3.60. The van der Waals surface area contributed by atoms with Gasteiger partial charge in [-0.2, -0.15) is 0 Å². The lowest BCUT2D eigenvalue weighted by atomic mass is 10.1. The van der Waals surface area contributed by atoms with Crippen LogP contribution >= 0.6 is 11.8 Å². The van der Waals surface area contributed by atoms with Crippen LogP contribution in [0.1, 0.15) is 35.7 Å². The molecule has 0 aromatic heterocycles. The number of hydrogen-bond acceptors (Lipinski definition) is 6. The largest absolute Gasteiger partial charge is 0.493 e. The number of imide groups is 1. The number of amides is 2. The van der Waals surface area contributed by atoms with Gasteiger partial charge in [-0.15, -0.1) is 0 Å². The maximum atomic E-state index is 12.7. The molecule has 1 aliphatic rings. The van der Waals surface area contributed by atoms with E-state index in [9.17, 15) is 14.4 Å². The van der Waals surface area contributed by atoms with Gasteiger partial charge in [0.1, 0.15) is 0 Å². The van der Waals surface area contributed by atoms with Crippen LogP contribution in [0.15, 0.2) is 53.4 Å². The first kappa shape index (κ1) is 21.6. The summed E-state index contributed by atoms with van der Waals surface area (Å²) in [7, 11) is 1.55. The number of hydrogen-bond donors (Lipinski definition) is 0. The van der Waals surface area contributed by atoms with Gasteiger partial charge in [-0.25, -0.2) is 0 Å². The van der Waals surface area contributed by atoms with E-state index in [1.165, 1.54) is 0 Å². The van der Waals surface area contributed by atoms with Gasteiger partial charge in [0.05, 0.1) is 25.2 Å². The summed E-state index contributed by atoms with van der Waals surface area (Å²) < 4.78 is 11.1. The van der Waals surface area contributed by atoms with E-state index >= 15 is 0 Å². The molecule has 0 saturated carbocycles. The summed E-state index contributed by atoms with van der Waals surface area (Å²) in [6.45, 7) is 2.41. The fraction of sp³-hybridized carbons (Fsp3) is 0.261. The predicted molar refractivity (Wildman–Crippen MR) is 117 cm³/mol. The smallest absolute Gasteiger partial charge is 0.293 e. The molecule has 2 aromatic rings. The summed E-state index contributed by atoms with van der Waals surface area (Å²) in [5.41, 5.74) is 1.17. The van der Waals surface area contributed by atoms with Crippen molar-refractivity contribution in [3.05, 3.63) is 64.6 Å². The number of ether oxygens (including phenoxy) is 2. The summed E-state index contributed by atoms with van der Waals surface area (Å²) in [5, 5.41) is -0.456. The highest BCUT2D eigenvalue weighted by molar-refractivity contribution is 8.18. The molecule has 7 heteroatoms. The molecule has 0 atom stereocenters. The lowest BCUT2D eigenvalue weighted by Gasteiger charge is -2.12. The Kier molecular flexibility index (Phi) is 7.30. The number of nitrogens with zero attached hydrogens (tertiary/aromatic N) is 1. The number of carbonyl (C=O) groups excluding carboxylic acids is 3. The molecule has 0 radical (unpaired) electrons. The Morgan fingerprint density at radius 3 is 2.57 bits per heavy atom. The number of methoxy groups -OCH3 is 1. The molecular weight excluding hydrogens is 402 g/mol. The number of thioether (sulfide) groups is 1. The first-order valence-electron chi connectivity index (χ1n) is 9.68. The van der Waals surface area contributed by atoms with E-state index < -0.39 is 11.1 Å². The quantitative estimate of drug-likeness (QED) is 0.327. The third-order valence-electron chi connectivity index (χ3n) is 4.51. The minimum atomic E-state index is -0.475. The molecule has 3 rings (SSSR count). The Hall–Kier alpha value is -3.06. The van der Waals surface area contributed by atoms with Gasteiger partial charge < -0.3 is 9.47 Å². The van der Waals surface area contributed by atoms with Crippen LogP contribution in [-0.4, -0.2) is 42.1 Å². The monoisotopic (exact) mass is 425 g/mol. The Balaban J connectivity index is 1.74. The fourth-order valence-electron chi connectivity index (χ4n) is 2.87. The minimum absolute atomic E-state index is 0.266. The van der Waals surface area contributed by atoms with Gasteiger partial charge in [-0.05, 0) is 42.0 Å². The van der Waals surface area contributed by atoms with Crippen LogP contribution in [0, 0.1) is 0 Å². The van der Waals surface area contributed by atoms with E-state index in [1.807, 2.05) is 0 Å². The van der Waals surface area contributed by atoms with Crippen molar-refractivity contribution in [2.75, 3.05) is 20.3 Å². The topological polar surface area (TPSA) is 72.9 Å². The molecule has 156 valence electrons. The van der Waals surface area contributed by atoms with Crippen molar-refractivity contribution in [1.82, 2.24) is 4.90 Å². The fourth-order valence-corrected chi connectivity index (χ4v) is 3.70. The van der Waals surface area contributed by atoms with Crippen LogP contribution in [0.25, 0.3) is 6.08 Å². The molecule has 1 heterocycles. The van der Waals surface area contributed by atoms with E-state index in [-0.39, 0.29) is 17.2 Å². The third-order valence-corrected chi connectivity index (χ3v) is 5.42. The zero-order valence-electron chi connectivity index (χ0n) is 16.9. The second-order valence-electron chi connectivity index (χ2n) is 6.67. The molecular formula is C23H23NO5S.